The van der Waals surface area contributed by atoms with Gasteiger partial charge in [0.05, 0.1) is 18.2 Å². The molecule has 0 spiro atoms. The highest BCUT2D eigenvalue weighted by molar-refractivity contribution is 9.08. The van der Waals surface area contributed by atoms with Crippen LogP contribution < -0.4 is 0 Å². The lowest BCUT2D eigenvalue weighted by Crippen LogP contribution is -2.07. The van der Waals surface area contributed by atoms with Crippen molar-refractivity contribution in [2.45, 2.75) is 5.33 Å². The van der Waals surface area contributed by atoms with Crippen LogP contribution in [-0.2, 0) is 10.1 Å². The molecule has 0 fully saturated rings. The zero-order valence-electron chi connectivity index (χ0n) is 7.88. The van der Waals surface area contributed by atoms with Crippen LogP contribution in [0.5, 0.6) is 0 Å². The first-order valence-electron chi connectivity index (χ1n) is 4.01. The van der Waals surface area contributed by atoms with E-state index in [4.69, 9.17) is 5.26 Å². The van der Waals surface area contributed by atoms with Crippen molar-refractivity contribution in [2.24, 2.45) is 0 Å². The molecule has 5 heteroatoms. The van der Waals surface area contributed by atoms with Gasteiger partial charge in [-0.25, -0.2) is 9.18 Å². The lowest BCUT2D eigenvalue weighted by atomic mass is 10.0. The molecule has 0 aliphatic carbocycles. The molecular formula is C10H7BrFNO2. The van der Waals surface area contributed by atoms with Gasteiger partial charge in [0.25, 0.3) is 0 Å². The van der Waals surface area contributed by atoms with Crippen LogP contribution in [0.2, 0.25) is 0 Å². The summed E-state index contributed by atoms with van der Waals surface area (Å²) in [6, 6.07) is 4.34. The second-order valence-electron chi connectivity index (χ2n) is 2.69. The second kappa shape index (κ2) is 4.89. The number of methoxy groups -OCH3 is 1. The smallest absolute Gasteiger partial charge is 0.338 e. The third-order valence-electron chi connectivity index (χ3n) is 1.90. The molecular weight excluding hydrogens is 265 g/mol. The summed E-state index contributed by atoms with van der Waals surface area (Å²) in [5.74, 6) is -1.30. The quantitative estimate of drug-likeness (QED) is 0.613. The lowest BCUT2D eigenvalue weighted by Gasteiger charge is -2.07. The SMILES string of the molecule is COC(=O)c1ccc(C#N)c(F)c1CBr. The van der Waals surface area contributed by atoms with E-state index in [1.165, 1.54) is 19.2 Å². The van der Waals surface area contributed by atoms with Crippen LogP contribution in [0.25, 0.3) is 0 Å². The Bertz CT molecular complexity index is 440. The van der Waals surface area contributed by atoms with Crippen molar-refractivity contribution in [1.82, 2.24) is 0 Å². The molecule has 0 aliphatic heterocycles. The van der Waals surface area contributed by atoms with Crippen LogP contribution in [-0.4, -0.2) is 13.1 Å². The number of rotatable bonds is 2. The van der Waals surface area contributed by atoms with Gasteiger partial charge >= 0.3 is 5.97 Å². The minimum absolute atomic E-state index is 0.0860. The van der Waals surface area contributed by atoms with Crippen LogP contribution in [0.1, 0.15) is 21.5 Å². The molecule has 1 rings (SSSR count). The van der Waals surface area contributed by atoms with Gasteiger partial charge in [0.1, 0.15) is 11.9 Å². The highest BCUT2D eigenvalue weighted by Crippen LogP contribution is 2.20. The number of alkyl halides is 1. The van der Waals surface area contributed by atoms with Gasteiger partial charge in [0, 0.05) is 10.9 Å². The van der Waals surface area contributed by atoms with Crippen molar-refractivity contribution in [3.05, 3.63) is 34.6 Å². The summed E-state index contributed by atoms with van der Waals surface area (Å²) in [5, 5.41) is 8.76. The average Bonchev–Trinajstić information content (AvgIpc) is 2.27. The van der Waals surface area contributed by atoms with Gasteiger partial charge in [-0.1, -0.05) is 15.9 Å². The molecule has 0 aliphatic rings. The number of carbonyl (C=O) groups excluding carboxylic acids is 1. The lowest BCUT2D eigenvalue weighted by molar-refractivity contribution is 0.0599. The molecule has 1 aromatic carbocycles. The Morgan fingerprint density at radius 2 is 2.33 bits per heavy atom. The summed E-state index contributed by atoms with van der Waals surface area (Å²) in [7, 11) is 1.22. The number of ether oxygens (including phenoxy) is 1. The molecule has 0 saturated carbocycles. The number of esters is 1. The molecule has 0 atom stereocenters. The van der Waals surface area contributed by atoms with Crippen LogP contribution in [0.15, 0.2) is 12.1 Å². The third kappa shape index (κ3) is 2.16. The molecule has 0 unspecified atom stereocenters. The Morgan fingerprint density at radius 3 is 2.80 bits per heavy atom. The maximum atomic E-state index is 13.6. The number of hydrogen-bond acceptors (Lipinski definition) is 3. The normalized spacial score (nSPS) is 9.47. The Morgan fingerprint density at radius 1 is 1.67 bits per heavy atom. The number of hydrogen-bond donors (Lipinski definition) is 0. The van der Waals surface area contributed by atoms with Gasteiger partial charge in [0.15, 0.2) is 0 Å². The van der Waals surface area contributed by atoms with E-state index < -0.39 is 11.8 Å². The summed E-state index contributed by atoms with van der Waals surface area (Å²) in [5.41, 5.74) is 0.184. The van der Waals surface area contributed by atoms with Gasteiger partial charge in [-0.3, -0.25) is 0 Å². The molecule has 0 radical (unpaired) electrons. The number of benzene rings is 1. The van der Waals surface area contributed by atoms with E-state index in [2.05, 4.69) is 20.7 Å². The topological polar surface area (TPSA) is 50.1 Å². The van der Waals surface area contributed by atoms with E-state index in [0.717, 1.165) is 0 Å². The molecule has 0 bridgehead atoms. The second-order valence-corrected chi connectivity index (χ2v) is 3.25. The first-order valence-corrected chi connectivity index (χ1v) is 5.13. The molecule has 15 heavy (non-hydrogen) atoms. The number of halogens is 2. The molecule has 0 heterocycles. The van der Waals surface area contributed by atoms with Crippen molar-refractivity contribution in [3.63, 3.8) is 0 Å². The molecule has 78 valence electrons. The van der Waals surface area contributed by atoms with Crippen molar-refractivity contribution >= 4 is 21.9 Å². The van der Waals surface area contributed by atoms with E-state index in [0.29, 0.717) is 0 Å². The summed E-state index contributed by atoms with van der Waals surface area (Å²) in [4.78, 5) is 11.3. The van der Waals surface area contributed by atoms with Crippen molar-refractivity contribution in [2.75, 3.05) is 7.11 Å². The monoisotopic (exact) mass is 271 g/mol. The Kier molecular flexibility index (Phi) is 3.81. The maximum absolute atomic E-state index is 13.6. The summed E-state index contributed by atoms with van der Waals surface area (Å²) >= 11 is 3.06. The van der Waals surface area contributed by atoms with Gasteiger partial charge < -0.3 is 4.74 Å². The van der Waals surface area contributed by atoms with E-state index in [9.17, 15) is 9.18 Å². The van der Waals surface area contributed by atoms with Gasteiger partial charge in [-0.05, 0) is 12.1 Å². The Labute approximate surface area is 94.6 Å². The van der Waals surface area contributed by atoms with Crippen molar-refractivity contribution in [3.8, 4) is 6.07 Å². The minimum atomic E-state index is -0.683. The van der Waals surface area contributed by atoms with Crippen LogP contribution >= 0.6 is 15.9 Å². The fourth-order valence-electron chi connectivity index (χ4n) is 1.14. The van der Waals surface area contributed by atoms with Gasteiger partial charge in [-0.15, -0.1) is 0 Å². The molecule has 0 saturated heterocycles. The van der Waals surface area contributed by atoms with E-state index in [-0.39, 0.29) is 22.0 Å². The van der Waals surface area contributed by atoms with E-state index in [1.54, 1.807) is 6.07 Å². The first kappa shape index (κ1) is 11.7. The fraction of sp³-hybridized carbons (Fsp3) is 0.200. The molecule has 0 amide bonds. The summed E-state index contributed by atoms with van der Waals surface area (Å²) in [6.07, 6.45) is 0. The van der Waals surface area contributed by atoms with E-state index in [1.807, 2.05) is 0 Å². The minimum Gasteiger partial charge on any atom is -0.465 e. The molecule has 0 N–H and O–H groups in total. The zero-order chi connectivity index (χ0) is 11.4. The van der Waals surface area contributed by atoms with E-state index >= 15 is 0 Å². The largest absolute Gasteiger partial charge is 0.465 e. The Hall–Kier alpha value is -1.41. The Balaban J connectivity index is 3.39. The van der Waals surface area contributed by atoms with Gasteiger partial charge in [-0.2, -0.15) is 5.26 Å². The standard InChI is InChI=1S/C10H7BrFNO2/c1-15-10(14)7-3-2-6(5-13)9(12)8(7)4-11/h2-3H,4H2,1H3. The average molecular weight is 272 g/mol. The number of nitrogens with zero attached hydrogens (tertiary/aromatic N) is 1. The summed E-state index contributed by atoms with van der Waals surface area (Å²) < 4.78 is 18.1. The molecule has 1 aromatic rings. The molecule has 0 aromatic heterocycles. The third-order valence-corrected chi connectivity index (χ3v) is 2.46. The predicted molar refractivity (Wildman–Crippen MR) is 55.1 cm³/mol. The fourth-order valence-corrected chi connectivity index (χ4v) is 1.69. The zero-order valence-corrected chi connectivity index (χ0v) is 9.47. The van der Waals surface area contributed by atoms with Crippen molar-refractivity contribution < 1.29 is 13.9 Å². The van der Waals surface area contributed by atoms with Gasteiger partial charge in [0.2, 0.25) is 0 Å². The highest BCUT2D eigenvalue weighted by Gasteiger charge is 2.17. The maximum Gasteiger partial charge on any atom is 0.338 e. The molecule has 3 nitrogen and oxygen atoms in total. The first-order chi connectivity index (χ1) is 7.15. The number of nitriles is 1. The van der Waals surface area contributed by atoms with Crippen LogP contribution in [0, 0.1) is 17.1 Å². The van der Waals surface area contributed by atoms with Crippen LogP contribution in [0.4, 0.5) is 4.39 Å². The van der Waals surface area contributed by atoms with Crippen LogP contribution in [0.3, 0.4) is 0 Å². The predicted octanol–water partition coefficient (Wildman–Crippen LogP) is 2.38. The highest BCUT2D eigenvalue weighted by atomic mass is 79.9. The van der Waals surface area contributed by atoms with Crippen molar-refractivity contribution in [1.29, 1.82) is 5.26 Å². The number of carbonyl (C=O) groups is 1. The summed E-state index contributed by atoms with van der Waals surface area (Å²) in [6.45, 7) is 0.